The Morgan fingerprint density at radius 3 is 2.11 bits per heavy atom. The summed E-state index contributed by atoms with van der Waals surface area (Å²) in [5.74, 6) is 0. The van der Waals surface area contributed by atoms with Gasteiger partial charge in [0, 0.05) is 17.9 Å². The molecule has 0 amide bonds. The maximum atomic E-state index is 5.94. The summed E-state index contributed by atoms with van der Waals surface area (Å²) in [4.78, 5) is 8.41. The van der Waals surface area contributed by atoms with E-state index in [1.165, 1.54) is 0 Å². The number of nitrogens with zero attached hydrogens (tertiary/aromatic N) is 2. The van der Waals surface area contributed by atoms with Gasteiger partial charge in [0.1, 0.15) is 6.10 Å². The molecule has 1 aromatic heterocycles. The van der Waals surface area contributed by atoms with Gasteiger partial charge in [0.25, 0.3) is 0 Å². The summed E-state index contributed by atoms with van der Waals surface area (Å²) in [5.41, 5.74) is 0.128. The molecule has 0 atom stereocenters. The monoisotopic (exact) mass is 262 g/mol. The molecule has 1 aliphatic heterocycles. The predicted octanol–water partition coefficient (Wildman–Crippen LogP) is 1.32. The number of hydrogen-bond acceptors (Lipinski definition) is 5. The Labute approximate surface area is 113 Å². The molecule has 2 fully saturated rings. The van der Waals surface area contributed by atoms with Crippen molar-refractivity contribution in [3.8, 4) is 6.01 Å². The van der Waals surface area contributed by atoms with Crippen LogP contribution in [-0.2, 0) is 9.31 Å². The van der Waals surface area contributed by atoms with Crippen molar-refractivity contribution in [2.24, 2.45) is 0 Å². The number of aromatic nitrogens is 2. The Kier molecular flexibility index (Phi) is 2.83. The summed E-state index contributed by atoms with van der Waals surface area (Å²) in [6.45, 7) is 8.10. The molecule has 3 rings (SSSR count). The molecule has 0 aromatic carbocycles. The van der Waals surface area contributed by atoms with Crippen LogP contribution in [0.5, 0.6) is 6.01 Å². The quantitative estimate of drug-likeness (QED) is 0.769. The molecule has 1 aliphatic carbocycles. The van der Waals surface area contributed by atoms with Crippen molar-refractivity contribution in [2.75, 3.05) is 0 Å². The van der Waals surface area contributed by atoms with Crippen molar-refractivity contribution in [1.29, 1.82) is 0 Å². The lowest BCUT2D eigenvalue weighted by Crippen LogP contribution is -2.41. The summed E-state index contributed by atoms with van der Waals surface area (Å²) in [5, 5.41) is 0. The fraction of sp³-hybridized carbons (Fsp3) is 0.692. The molecular formula is C13H19BN2O3. The molecule has 102 valence electrons. The molecule has 0 radical (unpaired) electrons. The molecule has 6 heteroatoms. The van der Waals surface area contributed by atoms with E-state index in [1.54, 1.807) is 12.4 Å². The zero-order valence-corrected chi connectivity index (χ0v) is 11.8. The standard InChI is InChI=1S/C13H19BN2O3/c1-12(2)13(3,4)19-14(18-12)9-7-15-11(16-8-9)17-10-5-6-10/h7-8,10H,5-6H2,1-4H3. The van der Waals surface area contributed by atoms with Crippen molar-refractivity contribution in [1.82, 2.24) is 9.97 Å². The Balaban J connectivity index is 1.72. The molecule has 1 saturated carbocycles. The summed E-state index contributed by atoms with van der Waals surface area (Å²) in [6, 6.07) is 0.433. The van der Waals surface area contributed by atoms with Gasteiger partial charge in [-0.1, -0.05) is 0 Å². The van der Waals surface area contributed by atoms with Crippen LogP contribution in [0.3, 0.4) is 0 Å². The molecule has 0 N–H and O–H groups in total. The zero-order chi connectivity index (χ0) is 13.7. The molecular weight excluding hydrogens is 243 g/mol. The molecule has 19 heavy (non-hydrogen) atoms. The van der Waals surface area contributed by atoms with Crippen LogP contribution in [0.25, 0.3) is 0 Å². The lowest BCUT2D eigenvalue weighted by molar-refractivity contribution is 0.00578. The average molecular weight is 262 g/mol. The van der Waals surface area contributed by atoms with Crippen LogP contribution >= 0.6 is 0 Å². The molecule has 1 aromatic rings. The van der Waals surface area contributed by atoms with Gasteiger partial charge in [0.15, 0.2) is 0 Å². The summed E-state index contributed by atoms with van der Waals surface area (Å²) < 4.78 is 17.4. The molecule has 2 aliphatic rings. The summed E-state index contributed by atoms with van der Waals surface area (Å²) in [7, 11) is -0.417. The first-order valence-electron chi connectivity index (χ1n) is 6.72. The average Bonchev–Trinajstić information content (AvgIpc) is 3.08. The smallest absolute Gasteiger partial charge is 0.460 e. The van der Waals surface area contributed by atoms with Crippen LogP contribution in [0.2, 0.25) is 0 Å². The first-order valence-corrected chi connectivity index (χ1v) is 6.72. The van der Waals surface area contributed by atoms with Gasteiger partial charge in [-0.3, -0.25) is 0 Å². The van der Waals surface area contributed by atoms with Gasteiger partial charge in [-0.15, -0.1) is 0 Å². The second-order valence-corrected chi connectivity index (χ2v) is 6.20. The first-order chi connectivity index (χ1) is 8.87. The maximum absolute atomic E-state index is 5.94. The van der Waals surface area contributed by atoms with Crippen molar-refractivity contribution in [3.63, 3.8) is 0 Å². The highest BCUT2D eigenvalue weighted by atomic mass is 16.7. The van der Waals surface area contributed by atoms with Crippen molar-refractivity contribution < 1.29 is 14.0 Å². The lowest BCUT2D eigenvalue weighted by Gasteiger charge is -2.32. The molecule has 0 unspecified atom stereocenters. The molecule has 0 spiro atoms. The molecule has 0 bridgehead atoms. The third kappa shape index (κ3) is 2.47. The van der Waals surface area contributed by atoms with Crippen LogP contribution < -0.4 is 10.2 Å². The fourth-order valence-corrected chi connectivity index (χ4v) is 1.82. The van der Waals surface area contributed by atoms with Gasteiger partial charge in [0.05, 0.1) is 11.2 Å². The Morgan fingerprint density at radius 1 is 1.11 bits per heavy atom. The normalized spacial score (nSPS) is 24.5. The van der Waals surface area contributed by atoms with Gasteiger partial charge in [-0.05, 0) is 40.5 Å². The van der Waals surface area contributed by atoms with Crippen LogP contribution in [-0.4, -0.2) is 34.4 Å². The minimum absolute atomic E-state index is 0.308. The fourth-order valence-electron chi connectivity index (χ4n) is 1.82. The van der Waals surface area contributed by atoms with Crippen LogP contribution in [0.15, 0.2) is 12.4 Å². The van der Waals surface area contributed by atoms with E-state index in [1.807, 2.05) is 27.7 Å². The predicted molar refractivity (Wildman–Crippen MR) is 71.4 cm³/mol. The minimum Gasteiger partial charge on any atom is -0.460 e. The zero-order valence-electron chi connectivity index (χ0n) is 11.8. The second kappa shape index (κ2) is 4.18. The Bertz CT molecular complexity index is 455. The summed E-state index contributed by atoms with van der Waals surface area (Å²) >= 11 is 0. The maximum Gasteiger partial charge on any atom is 0.498 e. The van der Waals surface area contributed by atoms with Gasteiger partial charge >= 0.3 is 13.1 Å². The van der Waals surface area contributed by atoms with Crippen molar-refractivity contribution in [2.45, 2.75) is 57.8 Å². The number of hydrogen-bond donors (Lipinski definition) is 0. The van der Waals surface area contributed by atoms with Crippen molar-refractivity contribution in [3.05, 3.63) is 12.4 Å². The largest absolute Gasteiger partial charge is 0.498 e. The highest BCUT2D eigenvalue weighted by Gasteiger charge is 2.51. The Hall–Kier alpha value is -1.14. The van der Waals surface area contributed by atoms with Gasteiger partial charge < -0.3 is 14.0 Å². The summed E-state index contributed by atoms with van der Waals surface area (Å²) in [6.07, 6.45) is 5.94. The van der Waals surface area contributed by atoms with Crippen LogP contribution in [0.4, 0.5) is 0 Å². The third-order valence-corrected chi connectivity index (χ3v) is 3.97. The van der Waals surface area contributed by atoms with E-state index >= 15 is 0 Å². The van der Waals surface area contributed by atoms with Crippen molar-refractivity contribution >= 4 is 12.6 Å². The van der Waals surface area contributed by atoms with E-state index in [0.717, 1.165) is 18.3 Å². The van der Waals surface area contributed by atoms with Crippen LogP contribution in [0.1, 0.15) is 40.5 Å². The second-order valence-electron chi connectivity index (χ2n) is 6.20. The van der Waals surface area contributed by atoms with E-state index in [4.69, 9.17) is 14.0 Å². The van der Waals surface area contributed by atoms with Gasteiger partial charge in [-0.2, -0.15) is 0 Å². The molecule has 5 nitrogen and oxygen atoms in total. The lowest BCUT2D eigenvalue weighted by atomic mass is 9.81. The Morgan fingerprint density at radius 2 is 1.63 bits per heavy atom. The van der Waals surface area contributed by atoms with E-state index < -0.39 is 7.12 Å². The molecule has 2 heterocycles. The van der Waals surface area contributed by atoms with E-state index in [0.29, 0.717) is 12.1 Å². The van der Waals surface area contributed by atoms with Gasteiger partial charge in [0.2, 0.25) is 0 Å². The SMILES string of the molecule is CC1(C)OB(c2cnc(OC3CC3)nc2)OC1(C)C. The van der Waals surface area contributed by atoms with E-state index in [-0.39, 0.29) is 11.2 Å². The number of rotatable bonds is 3. The topological polar surface area (TPSA) is 53.5 Å². The third-order valence-electron chi connectivity index (χ3n) is 3.97. The van der Waals surface area contributed by atoms with Crippen LogP contribution in [0, 0.1) is 0 Å². The highest BCUT2D eigenvalue weighted by Crippen LogP contribution is 2.36. The van der Waals surface area contributed by atoms with E-state index in [2.05, 4.69) is 9.97 Å². The first kappa shape index (κ1) is 12.9. The van der Waals surface area contributed by atoms with Gasteiger partial charge in [-0.25, -0.2) is 9.97 Å². The van der Waals surface area contributed by atoms with E-state index in [9.17, 15) is 0 Å². The number of ether oxygens (including phenoxy) is 1. The highest BCUT2D eigenvalue weighted by molar-refractivity contribution is 6.61. The minimum atomic E-state index is -0.417. The molecule has 1 saturated heterocycles.